The van der Waals surface area contributed by atoms with Crippen LogP contribution in [0.15, 0.2) is 29.4 Å². The van der Waals surface area contributed by atoms with Gasteiger partial charge in [0.1, 0.15) is 0 Å². The van der Waals surface area contributed by atoms with E-state index >= 15 is 0 Å². The maximum absolute atomic E-state index is 12.6. The third-order valence-corrected chi connectivity index (χ3v) is 4.42. The molecule has 1 atom stereocenters. The lowest BCUT2D eigenvalue weighted by atomic mass is 10.0. The largest absolute Gasteiger partial charge is 0.854 e. The molecule has 0 radical (unpaired) electrons. The van der Waals surface area contributed by atoms with Crippen molar-refractivity contribution in [1.82, 2.24) is 10.1 Å². The number of hydrogen-bond acceptors (Lipinski definition) is 5. The highest BCUT2D eigenvalue weighted by molar-refractivity contribution is 7.98. The average Bonchev–Trinajstić information content (AvgIpc) is 2.55. The lowest BCUT2D eigenvalue weighted by Crippen LogP contribution is -2.57. The normalized spacial score (nSPS) is 16.0. The third-order valence-electron chi connectivity index (χ3n) is 3.88. The number of hydrogen-bond donors (Lipinski definition) is 0. The van der Waals surface area contributed by atoms with Crippen molar-refractivity contribution in [3.8, 4) is 17.1 Å². The molecule has 0 saturated heterocycles. The first kappa shape index (κ1) is 15.7. The van der Waals surface area contributed by atoms with Gasteiger partial charge in [0, 0.05) is 18.4 Å². The van der Waals surface area contributed by atoms with E-state index in [0.29, 0.717) is 22.8 Å². The molecule has 0 spiro atoms. The molecule has 2 aromatic rings. The molecule has 120 valence electrons. The first-order valence-corrected chi connectivity index (χ1v) is 8.77. The van der Waals surface area contributed by atoms with Gasteiger partial charge in [-0.2, -0.15) is 0 Å². The second-order valence-corrected chi connectivity index (χ2v) is 6.13. The summed E-state index contributed by atoms with van der Waals surface area (Å²) in [6.45, 7) is 3.85. The highest BCUT2D eigenvalue weighted by atomic mass is 32.2. The summed E-state index contributed by atoms with van der Waals surface area (Å²) in [5.74, 6) is -0.284. The van der Waals surface area contributed by atoms with Gasteiger partial charge in [-0.3, -0.25) is 9.69 Å². The number of carbonyl (C=O) groups excluding carboxylic acids is 1. The Kier molecular flexibility index (Phi) is 4.21. The topological polar surface area (TPSA) is 73.0 Å². The number of fused-ring (bicyclic) bond motifs is 3. The third kappa shape index (κ3) is 2.55. The lowest BCUT2D eigenvalue weighted by molar-refractivity contribution is -0.769. The van der Waals surface area contributed by atoms with Gasteiger partial charge in [0.15, 0.2) is 0 Å². The van der Waals surface area contributed by atoms with Crippen molar-refractivity contribution >= 4 is 23.4 Å². The molecule has 6 nitrogen and oxygen atoms in total. The maximum Gasteiger partial charge on any atom is 0.263 e. The molecule has 2 heterocycles. The Morgan fingerprint density at radius 3 is 2.87 bits per heavy atom. The van der Waals surface area contributed by atoms with Crippen LogP contribution in [-0.4, -0.2) is 22.2 Å². The first-order chi connectivity index (χ1) is 11.1. The van der Waals surface area contributed by atoms with Crippen LogP contribution in [0.4, 0.5) is 5.69 Å². The quantitative estimate of drug-likeness (QED) is 0.635. The van der Waals surface area contributed by atoms with E-state index in [0.717, 1.165) is 12.1 Å². The van der Waals surface area contributed by atoms with E-state index in [9.17, 15) is 9.90 Å². The second-order valence-electron chi connectivity index (χ2n) is 5.36. The Bertz CT molecular complexity index is 766. The van der Waals surface area contributed by atoms with E-state index in [2.05, 4.69) is 10.1 Å². The number of thioether (sulfide) groups is 1. The summed E-state index contributed by atoms with van der Waals surface area (Å²) in [6.07, 6.45) is 2.69. The summed E-state index contributed by atoms with van der Waals surface area (Å²) < 4.78 is 1.62. The minimum atomic E-state index is -0.361. The number of anilines is 1. The Balaban J connectivity index is 2.24. The molecule has 7 heteroatoms. The molecular formula is C16H18N4O2S. The smallest absolute Gasteiger partial charge is 0.263 e. The predicted octanol–water partition coefficient (Wildman–Crippen LogP) is 1.89. The van der Waals surface area contributed by atoms with Crippen LogP contribution in [0.1, 0.15) is 32.9 Å². The van der Waals surface area contributed by atoms with Gasteiger partial charge >= 0.3 is 0 Å². The van der Waals surface area contributed by atoms with Gasteiger partial charge in [-0.15, -0.1) is 0 Å². The van der Waals surface area contributed by atoms with Gasteiger partial charge < -0.3 is 5.11 Å². The van der Waals surface area contributed by atoms with Crippen molar-refractivity contribution in [2.45, 2.75) is 38.0 Å². The standard InChI is InChI=1S/C16H18N4O2S/c1-4-7-13(21)19-10(2)20-14(11-8-5-6-9-12(11)19)15(22)17-16(18-20)23-3/h5-6,8-10H,4,7H2,1-3H3. The molecule has 1 aromatic heterocycles. The van der Waals surface area contributed by atoms with Crippen molar-refractivity contribution < 1.29 is 14.6 Å². The van der Waals surface area contributed by atoms with E-state index in [-0.39, 0.29) is 18.0 Å². The van der Waals surface area contributed by atoms with Crippen molar-refractivity contribution in [2.24, 2.45) is 0 Å². The monoisotopic (exact) mass is 330 g/mol. The van der Waals surface area contributed by atoms with Crippen LogP contribution < -0.4 is 14.7 Å². The summed E-state index contributed by atoms with van der Waals surface area (Å²) >= 11 is 1.31. The molecular weight excluding hydrogens is 312 g/mol. The molecule has 1 aliphatic rings. The first-order valence-electron chi connectivity index (χ1n) is 7.54. The summed E-state index contributed by atoms with van der Waals surface area (Å²) in [7, 11) is 0. The van der Waals surface area contributed by atoms with E-state index in [1.165, 1.54) is 11.8 Å². The Morgan fingerprint density at radius 1 is 1.43 bits per heavy atom. The van der Waals surface area contributed by atoms with Crippen LogP contribution >= 0.6 is 11.8 Å². The van der Waals surface area contributed by atoms with E-state index in [1.54, 1.807) is 9.58 Å². The molecule has 0 aliphatic carbocycles. The SMILES string of the molecule is CCCC(=O)N1c2ccccc2-c2c([O-])nc(SC)n[n+]2C1C. The van der Waals surface area contributed by atoms with Gasteiger partial charge in [0.2, 0.25) is 5.91 Å². The molecule has 23 heavy (non-hydrogen) atoms. The van der Waals surface area contributed by atoms with Crippen LogP contribution in [0.3, 0.4) is 0 Å². The molecule has 1 amide bonds. The van der Waals surface area contributed by atoms with Crippen molar-refractivity contribution in [3.63, 3.8) is 0 Å². The molecule has 0 N–H and O–H groups in total. The number of amides is 1. The van der Waals surface area contributed by atoms with Gasteiger partial charge in [-0.25, -0.2) is 4.98 Å². The molecule has 0 bridgehead atoms. The number of para-hydroxylation sites is 1. The van der Waals surface area contributed by atoms with Crippen molar-refractivity contribution in [3.05, 3.63) is 24.3 Å². The van der Waals surface area contributed by atoms with Gasteiger partial charge in [0.25, 0.3) is 17.0 Å². The van der Waals surface area contributed by atoms with Crippen LogP contribution in [0.2, 0.25) is 0 Å². The lowest BCUT2D eigenvalue weighted by Gasteiger charge is -2.31. The fourth-order valence-corrected chi connectivity index (χ4v) is 3.21. The highest BCUT2D eigenvalue weighted by Crippen LogP contribution is 2.38. The summed E-state index contributed by atoms with van der Waals surface area (Å²) in [5.41, 5.74) is 1.88. The average molecular weight is 330 g/mol. The molecule has 0 saturated carbocycles. The van der Waals surface area contributed by atoms with Gasteiger partial charge in [-0.05, 0) is 24.8 Å². The highest BCUT2D eigenvalue weighted by Gasteiger charge is 2.40. The summed E-state index contributed by atoms with van der Waals surface area (Å²) in [4.78, 5) is 18.3. The molecule has 0 fully saturated rings. The number of nitrogens with zero attached hydrogens (tertiary/aromatic N) is 4. The van der Waals surface area contributed by atoms with Gasteiger partial charge in [-0.1, -0.05) is 35.5 Å². The predicted molar refractivity (Wildman–Crippen MR) is 86.0 cm³/mol. The Morgan fingerprint density at radius 2 is 2.17 bits per heavy atom. The summed E-state index contributed by atoms with van der Waals surface area (Å²) in [5, 5.41) is 17.3. The number of carbonyl (C=O) groups is 1. The van der Waals surface area contributed by atoms with Crippen LogP contribution in [-0.2, 0) is 4.79 Å². The number of rotatable bonds is 3. The minimum absolute atomic E-state index is 0.0300. The Hall–Kier alpha value is -2.15. The van der Waals surface area contributed by atoms with E-state index < -0.39 is 0 Å². The molecule has 1 aromatic carbocycles. The van der Waals surface area contributed by atoms with E-state index in [1.807, 2.05) is 44.4 Å². The zero-order valence-corrected chi connectivity index (χ0v) is 14.1. The van der Waals surface area contributed by atoms with E-state index in [4.69, 9.17) is 0 Å². The number of aromatic nitrogens is 3. The zero-order chi connectivity index (χ0) is 16.6. The minimum Gasteiger partial charge on any atom is -0.854 e. The van der Waals surface area contributed by atoms with Crippen LogP contribution in [0.5, 0.6) is 5.88 Å². The second kappa shape index (κ2) is 6.16. The zero-order valence-electron chi connectivity index (χ0n) is 13.3. The number of benzene rings is 1. The Labute approximate surface area is 139 Å². The van der Waals surface area contributed by atoms with Gasteiger partial charge in [0.05, 0.1) is 17.1 Å². The molecule has 3 rings (SSSR count). The molecule has 1 unspecified atom stereocenters. The van der Waals surface area contributed by atoms with Crippen molar-refractivity contribution in [1.29, 1.82) is 0 Å². The van der Waals surface area contributed by atoms with Crippen molar-refractivity contribution in [2.75, 3.05) is 11.2 Å². The summed E-state index contributed by atoms with van der Waals surface area (Å²) in [6, 6.07) is 7.42. The van der Waals surface area contributed by atoms with Crippen LogP contribution in [0, 0.1) is 0 Å². The fourth-order valence-electron chi connectivity index (χ4n) is 2.87. The maximum atomic E-state index is 12.6. The fraction of sp³-hybridized carbons (Fsp3) is 0.375. The molecule has 1 aliphatic heterocycles. The van der Waals surface area contributed by atoms with Crippen LogP contribution in [0.25, 0.3) is 11.3 Å².